The van der Waals surface area contributed by atoms with Crippen LogP contribution in [0.5, 0.6) is 0 Å². The van der Waals surface area contributed by atoms with E-state index in [1.807, 2.05) is 6.92 Å². The Morgan fingerprint density at radius 2 is 0.897 bits per heavy atom. The Morgan fingerprint density at radius 1 is 0.564 bits per heavy atom. The molecule has 4 heterocycles. The molecule has 4 aliphatic heterocycles. The van der Waals surface area contributed by atoms with Gasteiger partial charge in [-0.15, -0.1) is 0 Å². The lowest BCUT2D eigenvalue weighted by atomic mass is 9.79. The molecule has 0 unspecified atom stereocenters. The van der Waals surface area contributed by atoms with Gasteiger partial charge in [-0.3, -0.25) is 14.7 Å². The van der Waals surface area contributed by atoms with E-state index in [-0.39, 0.29) is 17.2 Å². The molecule has 0 aromatic rings. The fourth-order valence-electron chi connectivity index (χ4n) is 6.42. The van der Waals surface area contributed by atoms with E-state index in [1.165, 1.54) is 38.8 Å². The van der Waals surface area contributed by atoms with Crippen LogP contribution in [0.4, 0.5) is 0 Å². The van der Waals surface area contributed by atoms with E-state index in [2.05, 4.69) is 77.0 Å². The first-order chi connectivity index (χ1) is 17.9. The number of hydrogen-bond acceptors (Lipinski definition) is 6. The van der Waals surface area contributed by atoms with Gasteiger partial charge in [0.05, 0.1) is 11.7 Å². The Labute approximate surface area is 242 Å². The van der Waals surface area contributed by atoms with Crippen molar-refractivity contribution >= 4 is 0 Å². The number of nitrogens with zero attached hydrogens (tertiary/aromatic N) is 3. The lowest BCUT2D eigenvalue weighted by molar-refractivity contribution is -0.0284. The highest BCUT2D eigenvalue weighted by Gasteiger charge is 2.33. The molecular weight excluding hydrogens is 486 g/mol. The number of aliphatic hydroxyl groups excluding tert-OH is 1. The zero-order valence-corrected chi connectivity index (χ0v) is 27.7. The summed E-state index contributed by atoms with van der Waals surface area (Å²) in [5.74, 6) is 1.93. The number of piperidine rings is 3. The standard InChI is InChI=1S/C14H27NO.C10H21NO.C9H19NO/c1-14(2,3)15-8-4-12(5-9-15)13-6-10-16-11-7-13;1-9(2,3)11-7-5-10(4,12)6-8-11;1-9(2,3)10-6-4-8(11)5-7-10/h12-13H,4-11H2,1-3H3;12H,5-8H2,1-4H3;8,11H,4-7H2,1-3H3. The summed E-state index contributed by atoms with van der Waals surface area (Å²) in [5.41, 5.74) is 0.485. The van der Waals surface area contributed by atoms with Crippen molar-refractivity contribution in [3.63, 3.8) is 0 Å². The molecule has 0 bridgehead atoms. The van der Waals surface area contributed by atoms with Crippen molar-refractivity contribution in [2.24, 2.45) is 11.8 Å². The lowest BCUT2D eigenvalue weighted by Gasteiger charge is -2.43. The van der Waals surface area contributed by atoms with Crippen molar-refractivity contribution in [2.75, 3.05) is 52.5 Å². The molecule has 0 saturated carbocycles. The second kappa shape index (κ2) is 14.8. The van der Waals surface area contributed by atoms with Crippen LogP contribution in [0.1, 0.15) is 121 Å². The van der Waals surface area contributed by atoms with Crippen molar-refractivity contribution in [3.8, 4) is 0 Å². The van der Waals surface area contributed by atoms with Gasteiger partial charge in [-0.25, -0.2) is 0 Å². The minimum absolute atomic E-state index is 0.0476. The Morgan fingerprint density at radius 3 is 1.28 bits per heavy atom. The fourth-order valence-corrected chi connectivity index (χ4v) is 6.42. The van der Waals surface area contributed by atoms with E-state index < -0.39 is 5.60 Å². The predicted octanol–water partition coefficient (Wildman–Crippen LogP) is 5.80. The lowest BCUT2D eigenvalue weighted by Crippen LogP contribution is -2.50. The number of aliphatic hydroxyl groups is 2. The third-order valence-electron chi connectivity index (χ3n) is 9.62. The molecule has 0 spiro atoms. The maximum absolute atomic E-state index is 9.73. The van der Waals surface area contributed by atoms with E-state index in [1.54, 1.807) is 0 Å². The smallest absolute Gasteiger partial charge is 0.0644 e. The van der Waals surface area contributed by atoms with Gasteiger partial charge in [0, 0.05) is 56.0 Å². The summed E-state index contributed by atoms with van der Waals surface area (Å²) in [5, 5.41) is 19.0. The Balaban J connectivity index is 0.000000210. The molecule has 6 heteroatoms. The molecule has 0 aromatic carbocycles. The highest BCUT2D eigenvalue weighted by molar-refractivity contribution is 4.87. The van der Waals surface area contributed by atoms with Gasteiger partial charge in [0.2, 0.25) is 0 Å². The topological polar surface area (TPSA) is 59.4 Å². The molecule has 0 aliphatic carbocycles. The van der Waals surface area contributed by atoms with Crippen LogP contribution >= 0.6 is 0 Å². The number of ether oxygens (including phenoxy) is 1. The first-order valence-electron chi connectivity index (χ1n) is 16.1. The first kappa shape index (κ1) is 35.0. The molecule has 4 aliphatic rings. The highest BCUT2D eigenvalue weighted by Crippen LogP contribution is 2.33. The van der Waals surface area contributed by atoms with Crippen LogP contribution in [0.25, 0.3) is 0 Å². The Bertz CT molecular complexity index is 660. The van der Waals surface area contributed by atoms with Crippen LogP contribution in [0.2, 0.25) is 0 Å². The SMILES string of the molecule is CC(C)(C)N1CCC(C2CCOCC2)CC1.CC(C)(C)N1CCC(O)CC1.CC1(O)CCN(C(C)(C)C)CC1. The summed E-state index contributed by atoms with van der Waals surface area (Å²) in [4.78, 5) is 7.51. The van der Waals surface area contributed by atoms with Gasteiger partial charge in [-0.05, 0) is 146 Å². The van der Waals surface area contributed by atoms with E-state index in [9.17, 15) is 10.2 Å². The van der Waals surface area contributed by atoms with Crippen molar-refractivity contribution in [1.29, 1.82) is 0 Å². The summed E-state index contributed by atoms with van der Waals surface area (Å²) in [7, 11) is 0. The third kappa shape index (κ3) is 12.7. The van der Waals surface area contributed by atoms with Crippen LogP contribution in [0.15, 0.2) is 0 Å². The van der Waals surface area contributed by atoms with E-state index in [4.69, 9.17) is 4.74 Å². The van der Waals surface area contributed by atoms with E-state index in [0.717, 1.165) is 76.9 Å². The van der Waals surface area contributed by atoms with Crippen LogP contribution < -0.4 is 0 Å². The maximum Gasteiger partial charge on any atom is 0.0644 e. The number of hydrogen-bond donors (Lipinski definition) is 2. The van der Waals surface area contributed by atoms with Crippen molar-refractivity contribution in [1.82, 2.24) is 14.7 Å². The molecule has 4 saturated heterocycles. The van der Waals surface area contributed by atoms with Crippen molar-refractivity contribution < 1.29 is 14.9 Å². The summed E-state index contributed by atoms with van der Waals surface area (Å²) in [6.45, 7) is 31.1. The van der Waals surface area contributed by atoms with Crippen LogP contribution in [-0.2, 0) is 4.74 Å². The van der Waals surface area contributed by atoms with Crippen molar-refractivity contribution in [3.05, 3.63) is 0 Å². The third-order valence-corrected chi connectivity index (χ3v) is 9.62. The Hall–Kier alpha value is -0.240. The van der Waals surface area contributed by atoms with Gasteiger partial charge in [0.1, 0.15) is 0 Å². The zero-order chi connectivity index (χ0) is 29.5. The minimum Gasteiger partial charge on any atom is -0.393 e. The second-order valence-corrected chi connectivity index (χ2v) is 16.0. The fraction of sp³-hybridized carbons (Fsp3) is 1.00. The minimum atomic E-state index is -0.415. The first-order valence-corrected chi connectivity index (χ1v) is 16.1. The maximum atomic E-state index is 9.73. The number of rotatable bonds is 1. The van der Waals surface area contributed by atoms with Crippen LogP contribution in [0.3, 0.4) is 0 Å². The quantitative estimate of drug-likeness (QED) is 0.428. The largest absolute Gasteiger partial charge is 0.393 e. The molecule has 0 atom stereocenters. The Kier molecular flexibility index (Phi) is 13.2. The molecular formula is C33H67N3O3. The highest BCUT2D eigenvalue weighted by atomic mass is 16.5. The predicted molar refractivity (Wildman–Crippen MR) is 165 cm³/mol. The summed E-state index contributed by atoms with van der Waals surface area (Å²) >= 11 is 0. The van der Waals surface area contributed by atoms with Gasteiger partial charge in [0.15, 0.2) is 0 Å². The molecule has 4 fully saturated rings. The molecule has 4 rings (SSSR count). The van der Waals surface area contributed by atoms with Gasteiger partial charge < -0.3 is 14.9 Å². The zero-order valence-electron chi connectivity index (χ0n) is 27.7. The normalized spacial score (nSPS) is 25.8. The summed E-state index contributed by atoms with van der Waals surface area (Å²) in [6, 6.07) is 0. The summed E-state index contributed by atoms with van der Waals surface area (Å²) < 4.78 is 5.46. The average molecular weight is 554 g/mol. The molecule has 0 radical (unpaired) electrons. The van der Waals surface area contributed by atoms with E-state index in [0.29, 0.717) is 5.54 Å². The summed E-state index contributed by atoms with van der Waals surface area (Å²) in [6.07, 6.45) is 9.07. The van der Waals surface area contributed by atoms with Gasteiger partial charge in [-0.1, -0.05) is 0 Å². The molecule has 2 N–H and O–H groups in total. The molecule has 6 nitrogen and oxygen atoms in total. The average Bonchev–Trinajstić information content (AvgIpc) is 2.84. The van der Waals surface area contributed by atoms with Crippen LogP contribution in [-0.4, -0.2) is 106 Å². The molecule has 0 aromatic heterocycles. The molecule has 39 heavy (non-hydrogen) atoms. The monoisotopic (exact) mass is 554 g/mol. The van der Waals surface area contributed by atoms with Crippen molar-refractivity contribution in [2.45, 2.75) is 149 Å². The number of likely N-dealkylation sites (tertiary alicyclic amines) is 3. The van der Waals surface area contributed by atoms with E-state index >= 15 is 0 Å². The van der Waals surface area contributed by atoms with Crippen LogP contribution in [0, 0.1) is 11.8 Å². The van der Waals surface area contributed by atoms with Gasteiger partial charge in [-0.2, -0.15) is 0 Å². The molecule has 0 amide bonds. The second-order valence-electron chi connectivity index (χ2n) is 16.0. The van der Waals surface area contributed by atoms with Gasteiger partial charge in [0.25, 0.3) is 0 Å². The molecule has 232 valence electrons. The van der Waals surface area contributed by atoms with Gasteiger partial charge >= 0.3 is 0 Å².